The molecule has 0 saturated heterocycles. The van der Waals surface area contributed by atoms with Gasteiger partial charge in [0.25, 0.3) is 5.91 Å². The Kier molecular flexibility index (Phi) is 5.43. The Morgan fingerprint density at radius 1 is 1.25 bits per heavy atom. The number of sulfonamides is 1. The van der Waals surface area contributed by atoms with Crippen molar-refractivity contribution in [3.63, 3.8) is 0 Å². The fourth-order valence-electron chi connectivity index (χ4n) is 2.21. The number of aliphatic hydroxyl groups excluding tert-OH is 1. The van der Waals surface area contributed by atoms with Gasteiger partial charge in [-0.2, -0.15) is 0 Å². The average Bonchev–Trinajstić information content (AvgIpc) is 2.98. The predicted molar refractivity (Wildman–Crippen MR) is 90.0 cm³/mol. The summed E-state index contributed by atoms with van der Waals surface area (Å²) in [5, 5.41) is 12.7. The molecule has 0 aliphatic rings. The van der Waals surface area contributed by atoms with Gasteiger partial charge in [-0.1, -0.05) is 0 Å². The number of carbonyl (C=O) groups is 1. The molecular weight excluding hydrogens is 330 g/mol. The minimum atomic E-state index is -3.52. The molecule has 0 aliphatic carbocycles. The molecule has 130 valence electrons. The van der Waals surface area contributed by atoms with Crippen LogP contribution in [0.3, 0.4) is 0 Å². The third-order valence-electron chi connectivity index (χ3n) is 3.68. The summed E-state index contributed by atoms with van der Waals surface area (Å²) in [6.45, 7) is 0.0639. The number of nitrogens with zero attached hydrogens (tertiary/aromatic N) is 2. The van der Waals surface area contributed by atoms with Crippen LogP contribution in [0.4, 0.5) is 0 Å². The molecule has 0 spiro atoms. The number of benzene rings is 1. The van der Waals surface area contributed by atoms with Crippen LogP contribution in [-0.4, -0.2) is 48.9 Å². The number of carbonyl (C=O) groups excluding carboxylic acids is 1. The fraction of sp³-hybridized carbons (Fsp3) is 0.312. The molecule has 1 heterocycles. The van der Waals surface area contributed by atoms with Gasteiger partial charge in [-0.15, -0.1) is 0 Å². The summed E-state index contributed by atoms with van der Waals surface area (Å²) in [6.07, 6.45) is 0.993. The van der Waals surface area contributed by atoms with E-state index < -0.39 is 16.1 Å². The molecule has 7 nitrogen and oxygen atoms in total. The van der Waals surface area contributed by atoms with Crippen molar-refractivity contribution in [3.8, 4) is 0 Å². The topological polar surface area (TPSA) is 91.6 Å². The van der Waals surface area contributed by atoms with Crippen molar-refractivity contribution in [1.82, 2.24) is 14.2 Å². The molecule has 1 aromatic heterocycles. The highest BCUT2D eigenvalue weighted by molar-refractivity contribution is 7.89. The van der Waals surface area contributed by atoms with Crippen molar-refractivity contribution in [3.05, 3.63) is 53.9 Å². The molecule has 1 aromatic carbocycles. The lowest BCUT2D eigenvalue weighted by Gasteiger charge is -2.14. The third kappa shape index (κ3) is 3.84. The first kappa shape index (κ1) is 18.2. The first-order valence-electron chi connectivity index (χ1n) is 7.33. The van der Waals surface area contributed by atoms with Crippen molar-refractivity contribution in [1.29, 1.82) is 0 Å². The predicted octanol–water partition coefficient (Wildman–Crippen LogP) is 0.739. The maximum atomic E-state index is 12.1. The van der Waals surface area contributed by atoms with Crippen molar-refractivity contribution in [2.45, 2.75) is 11.0 Å². The maximum Gasteiger partial charge on any atom is 0.251 e. The Bertz CT molecular complexity index is 810. The SMILES string of the molecule is CN(C)S(=O)(=O)c1ccc(C(=O)NC[C@@H](O)c2cccn2C)cc1. The van der Waals surface area contributed by atoms with E-state index in [1.807, 2.05) is 19.3 Å². The smallest absolute Gasteiger partial charge is 0.251 e. The number of hydrogen-bond donors (Lipinski definition) is 2. The van der Waals surface area contributed by atoms with Crippen LogP contribution in [0.2, 0.25) is 0 Å². The van der Waals surface area contributed by atoms with E-state index in [1.54, 1.807) is 10.6 Å². The van der Waals surface area contributed by atoms with E-state index in [9.17, 15) is 18.3 Å². The van der Waals surface area contributed by atoms with Gasteiger partial charge in [-0.25, -0.2) is 12.7 Å². The number of amides is 1. The highest BCUT2D eigenvalue weighted by Gasteiger charge is 2.18. The Labute approximate surface area is 141 Å². The molecule has 2 aromatic rings. The van der Waals surface area contributed by atoms with Gasteiger partial charge in [0.1, 0.15) is 6.10 Å². The lowest BCUT2D eigenvalue weighted by atomic mass is 10.2. The monoisotopic (exact) mass is 351 g/mol. The number of rotatable bonds is 6. The number of aromatic nitrogens is 1. The maximum absolute atomic E-state index is 12.1. The highest BCUT2D eigenvalue weighted by Crippen LogP contribution is 2.15. The second kappa shape index (κ2) is 7.16. The molecule has 0 radical (unpaired) electrons. The summed E-state index contributed by atoms with van der Waals surface area (Å²) in [5.41, 5.74) is 1.02. The Morgan fingerprint density at radius 2 is 1.88 bits per heavy atom. The van der Waals surface area contributed by atoms with E-state index in [1.165, 1.54) is 38.4 Å². The average molecular weight is 351 g/mol. The quantitative estimate of drug-likeness (QED) is 0.803. The standard InChI is InChI=1S/C16H21N3O4S/c1-18(2)24(22,23)13-8-6-12(7-9-13)16(21)17-11-15(20)14-5-4-10-19(14)3/h4-10,15,20H,11H2,1-3H3,(H,17,21)/t15-/m1/s1. The molecule has 24 heavy (non-hydrogen) atoms. The number of hydrogen-bond acceptors (Lipinski definition) is 4. The van der Waals surface area contributed by atoms with Gasteiger partial charge in [0.2, 0.25) is 10.0 Å². The summed E-state index contributed by atoms with van der Waals surface area (Å²) in [4.78, 5) is 12.2. The van der Waals surface area contributed by atoms with Crippen LogP contribution in [0, 0.1) is 0 Å². The molecule has 0 saturated carbocycles. The normalized spacial score (nSPS) is 13.0. The van der Waals surface area contributed by atoms with Gasteiger partial charge in [-0.05, 0) is 36.4 Å². The van der Waals surface area contributed by atoms with Crippen LogP contribution in [0.15, 0.2) is 47.5 Å². The van der Waals surface area contributed by atoms with Gasteiger partial charge in [0, 0.05) is 45.1 Å². The lowest BCUT2D eigenvalue weighted by molar-refractivity contribution is 0.0912. The summed E-state index contributed by atoms with van der Waals surface area (Å²) in [6, 6.07) is 9.25. The molecular formula is C16H21N3O4S. The van der Waals surface area contributed by atoms with Crippen LogP contribution in [0.1, 0.15) is 22.2 Å². The first-order valence-corrected chi connectivity index (χ1v) is 8.77. The van der Waals surface area contributed by atoms with E-state index in [2.05, 4.69) is 5.32 Å². The number of aryl methyl sites for hydroxylation is 1. The molecule has 1 atom stereocenters. The van der Waals surface area contributed by atoms with E-state index in [0.29, 0.717) is 11.3 Å². The van der Waals surface area contributed by atoms with Gasteiger partial charge < -0.3 is 15.0 Å². The van der Waals surface area contributed by atoms with Crippen LogP contribution < -0.4 is 5.32 Å². The molecule has 2 rings (SSSR count). The zero-order valence-electron chi connectivity index (χ0n) is 13.8. The minimum absolute atomic E-state index is 0.0639. The van der Waals surface area contributed by atoms with E-state index in [-0.39, 0.29) is 17.3 Å². The molecule has 0 aliphatic heterocycles. The van der Waals surface area contributed by atoms with Crippen molar-refractivity contribution >= 4 is 15.9 Å². The molecule has 1 amide bonds. The van der Waals surface area contributed by atoms with Crippen LogP contribution in [-0.2, 0) is 17.1 Å². The third-order valence-corrected chi connectivity index (χ3v) is 5.51. The minimum Gasteiger partial charge on any atom is -0.385 e. The van der Waals surface area contributed by atoms with Crippen molar-refractivity contribution in [2.24, 2.45) is 7.05 Å². The summed E-state index contributed by atoms with van der Waals surface area (Å²) in [5.74, 6) is -0.378. The molecule has 8 heteroatoms. The van der Waals surface area contributed by atoms with Crippen molar-refractivity contribution < 1.29 is 18.3 Å². The highest BCUT2D eigenvalue weighted by atomic mass is 32.2. The number of aliphatic hydroxyl groups is 1. The molecule has 0 bridgehead atoms. The zero-order valence-corrected chi connectivity index (χ0v) is 14.6. The van der Waals surface area contributed by atoms with E-state index >= 15 is 0 Å². The summed E-state index contributed by atoms with van der Waals surface area (Å²) >= 11 is 0. The second-order valence-electron chi connectivity index (χ2n) is 5.58. The molecule has 0 unspecified atom stereocenters. The van der Waals surface area contributed by atoms with Gasteiger partial charge in [0.15, 0.2) is 0 Å². The van der Waals surface area contributed by atoms with Crippen molar-refractivity contribution in [2.75, 3.05) is 20.6 Å². The first-order chi connectivity index (χ1) is 11.2. The summed E-state index contributed by atoms with van der Waals surface area (Å²) in [7, 11) is 1.18. The Balaban J connectivity index is 2.02. The van der Waals surface area contributed by atoms with E-state index in [4.69, 9.17) is 0 Å². The van der Waals surface area contributed by atoms with E-state index in [0.717, 1.165) is 4.31 Å². The Morgan fingerprint density at radius 3 is 2.38 bits per heavy atom. The second-order valence-corrected chi connectivity index (χ2v) is 7.73. The molecule has 2 N–H and O–H groups in total. The van der Waals surface area contributed by atoms with Crippen LogP contribution >= 0.6 is 0 Å². The number of nitrogens with one attached hydrogen (secondary N) is 1. The summed E-state index contributed by atoms with van der Waals surface area (Å²) < 4.78 is 26.8. The van der Waals surface area contributed by atoms with Gasteiger partial charge >= 0.3 is 0 Å². The van der Waals surface area contributed by atoms with Crippen LogP contribution in [0.25, 0.3) is 0 Å². The fourth-order valence-corrected chi connectivity index (χ4v) is 3.11. The van der Waals surface area contributed by atoms with Crippen LogP contribution in [0.5, 0.6) is 0 Å². The van der Waals surface area contributed by atoms with Gasteiger partial charge in [0.05, 0.1) is 4.90 Å². The van der Waals surface area contributed by atoms with Gasteiger partial charge in [-0.3, -0.25) is 4.79 Å². The Hall–Kier alpha value is -2.16. The lowest BCUT2D eigenvalue weighted by Crippen LogP contribution is -2.29. The molecule has 0 fully saturated rings. The zero-order chi connectivity index (χ0) is 17.9. The largest absolute Gasteiger partial charge is 0.385 e.